The lowest BCUT2D eigenvalue weighted by Crippen LogP contribution is -2.39. The van der Waals surface area contributed by atoms with Gasteiger partial charge in [0.05, 0.1) is 33.5 Å². The molecule has 0 aliphatic heterocycles. The van der Waals surface area contributed by atoms with Crippen LogP contribution < -0.4 is 14.2 Å². The van der Waals surface area contributed by atoms with Gasteiger partial charge >= 0.3 is 0 Å². The Hall–Kier alpha value is -2.25. The van der Waals surface area contributed by atoms with Crippen LogP contribution in [0.2, 0.25) is 0 Å². The molecule has 0 spiro atoms. The lowest BCUT2D eigenvalue weighted by molar-refractivity contribution is -0.128. The number of carbonyl (C=O) groups excluding carboxylic acids is 1. The Morgan fingerprint density at radius 3 is 1.88 bits per heavy atom. The number of amides is 1. The molecule has 0 heterocycles. The lowest BCUT2D eigenvalue weighted by Gasteiger charge is -2.24. The average molecular weight is 353 g/mol. The second-order valence-electron chi connectivity index (χ2n) is 5.73. The Kier molecular flexibility index (Phi) is 8.24. The minimum atomic E-state index is -0.683. The first kappa shape index (κ1) is 20.8. The van der Waals surface area contributed by atoms with Crippen LogP contribution >= 0.6 is 0 Å². The van der Waals surface area contributed by atoms with Crippen LogP contribution in [0.1, 0.15) is 19.4 Å². The van der Waals surface area contributed by atoms with Gasteiger partial charge in [0.15, 0.2) is 11.5 Å². The highest BCUT2D eigenvalue weighted by atomic mass is 16.5. The molecule has 0 radical (unpaired) electrons. The summed E-state index contributed by atoms with van der Waals surface area (Å²) in [5.74, 6) is 1.13. The summed E-state index contributed by atoms with van der Waals surface area (Å²) in [6, 6.07) is 3.44. The first-order valence-corrected chi connectivity index (χ1v) is 7.95. The molecule has 0 bridgehead atoms. The van der Waals surface area contributed by atoms with E-state index in [2.05, 4.69) is 0 Å². The third kappa shape index (κ3) is 6.28. The van der Waals surface area contributed by atoms with Crippen molar-refractivity contribution in [1.29, 1.82) is 0 Å². The monoisotopic (exact) mass is 353 g/mol. The van der Waals surface area contributed by atoms with Gasteiger partial charge in [-0.15, -0.1) is 0 Å². The van der Waals surface area contributed by atoms with Gasteiger partial charge in [-0.3, -0.25) is 4.79 Å². The third-order valence-electron chi connectivity index (χ3n) is 3.39. The van der Waals surface area contributed by atoms with Crippen LogP contribution in [0, 0.1) is 0 Å². The minimum Gasteiger partial charge on any atom is -0.493 e. The zero-order chi connectivity index (χ0) is 19.0. The normalized spacial score (nSPS) is 13.4. The van der Waals surface area contributed by atoms with Gasteiger partial charge < -0.3 is 29.3 Å². The van der Waals surface area contributed by atoms with Crippen LogP contribution in [0.5, 0.6) is 17.2 Å². The van der Waals surface area contributed by atoms with Crippen LogP contribution in [0.25, 0.3) is 6.08 Å². The fourth-order valence-electron chi connectivity index (χ4n) is 2.36. The lowest BCUT2D eigenvalue weighted by atomic mass is 10.1. The van der Waals surface area contributed by atoms with E-state index in [1.165, 1.54) is 32.3 Å². The minimum absolute atomic E-state index is 0.142. The zero-order valence-electron chi connectivity index (χ0n) is 15.4. The van der Waals surface area contributed by atoms with Crippen molar-refractivity contribution in [1.82, 2.24) is 4.90 Å². The number of rotatable bonds is 9. The number of ether oxygens (including phenoxy) is 3. The predicted octanol–water partition coefficient (Wildman–Crippen LogP) is 1.32. The molecule has 0 saturated heterocycles. The van der Waals surface area contributed by atoms with E-state index in [1.54, 1.807) is 32.1 Å². The highest BCUT2D eigenvalue weighted by molar-refractivity contribution is 5.92. The molecular formula is C18H27NO6. The fourth-order valence-corrected chi connectivity index (χ4v) is 2.36. The van der Waals surface area contributed by atoms with Crippen molar-refractivity contribution >= 4 is 12.0 Å². The van der Waals surface area contributed by atoms with Crippen molar-refractivity contribution in [2.75, 3.05) is 34.4 Å². The summed E-state index contributed by atoms with van der Waals surface area (Å²) in [4.78, 5) is 13.7. The molecule has 0 aromatic heterocycles. The number of hydrogen-bond acceptors (Lipinski definition) is 6. The van der Waals surface area contributed by atoms with Crippen molar-refractivity contribution in [3.8, 4) is 17.2 Å². The molecule has 7 heteroatoms. The number of aliphatic hydroxyl groups is 2. The van der Waals surface area contributed by atoms with Crippen LogP contribution in [-0.2, 0) is 4.79 Å². The second kappa shape index (κ2) is 9.90. The largest absolute Gasteiger partial charge is 0.493 e. The molecule has 25 heavy (non-hydrogen) atoms. The number of carbonyl (C=O) groups is 1. The first-order valence-electron chi connectivity index (χ1n) is 7.95. The van der Waals surface area contributed by atoms with E-state index >= 15 is 0 Å². The summed E-state index contributed by atoms with van der Waals surface area (Å²) in [5.41, 5.74) is 0.692. The highest BCUT2D eigenvalue weighted by Crippen LogP contribution is 2.38. The van der Waals surface area contributed by atoms with Crippen molar-refractivity contribution in [2.24, 2.45) is 0 Å². The molecule has 2 unspecified atom stereocenters. The topological polar surface area (TPSA) is 88.5 Å². The highest BCUT2D eigenvalue weighted by Gasteiger charge is 2.16. The van der Waals surface area contributed by atoms with Crippen molar-refractivity contribution in [2.45, 2.75) is 26.1 Å². The Labute approximate surface area is 148 Å². The molecule has 2 atom stereocenters. The van der Waals surface area contributed by atoms with Crippen LogP contribution in [-0.4, -0.2) is 67.6 Å². The van der Waals surface area contributed by atoms with Crippen LogP contribution in [0.15, 0.2) is 18.2 Å². The van der Waals surface area contributed by atoms with Gasteiger partial charge in [-0.2, -0.15) is 0 Å². The summed E-state index contributed by atoms with van der Waals surface area (Å²) in [6.07, 6.45) is 1.63. The molecule has 7 nitrogen and oxygen atoms in total. The summed E-state index contributed by atoms with van der Waals surface area (Å²) in [5, 5.41) is 19.0. The first-order chi connectivity index (χ1) is 11.8. The summed E-state index contributed by atoms with van der Waals surface area (Å²) in [7, 11) is 4.55. The van der Waals surface area contributed by atoms with Crippen LogP contribution in [0.3, 0.4) is 0 Å². The number of aliphatic hydroxyl groups excluding tert-OH is 2. The van der Waals surface area contributed by atoms with Gasteiger partial charge in [0.1, 0.15) is 0 Å². The second-order valence-corrected chi connectivity index (χ2v) is 5.73. The molecule has 1 rings (SSSR count). The van der Waals surface area contributed by atoms with E-state index in [0.717, 1.165) is 0 Å². The van der Waals surface area contributed by atoms with E-state index in [-0.39, 0.29) is 19.0 Å². The third-order valence-corrected chi connectivity index (χ3v) is 3.39. The molecule has 0 aliphatic carbocycles. The molecule has 1 amide bonds. The Balaban J connectivity index is 3.03. The van der Waals surface area contributed by atoms with Crippen molar-refractivity contribution in [3.05, 3.63) is 23.8 Å². The van der Waals surface area contributed by atoms with Gasteiger partial charge in [0, 0.05) is 19.2 Å². The molecule has 0 fully saturated rings. The van der Waals surface area contributed by atoms with E-state index in [1.807, 2.05) is 0 Å². The van der Waals surface area contributed by atoms with Gasteiger partial charge in [0.2, 0.25) is 11.7 Å². The van der Waals surface area contributed by atoms with Gasteiger partial charge in [-0.05, 0) is 37.6 Å². The van der Waals surface area contributed by atoms with Crippen molar-refractivity contribution < 1.29 is 29.2 Å². The Morgan fingerprint density at radius 1 is 1.04 bits per heavy atom. The standard InChI is InChI=1S/C18H27NO6/c1-12(20)10-19(11-13(2)21)17(22)7-6-14-8-15(23-3)18(25-5)16(9-14)24-4/h6-9,12-13,20-21H,10-11H2,1-5H3/b7-6+. The maximum absolute atomic E-state index is 12.3. The quantitative estimate of drug-likeness (QED) is 0.651. The molecule has 1 aromatic rings. The molecular weight excluding hydrogens is 326 g/mol. The molecule has 0 aliphatic rings. The zero-order valence-corrected chi connectivity index (χ0v) is 15.4. The molecule has 0 saturated carbocycles. The Bertz CT molecular complexity index is 562. The molecule has 2 N–H and O–H groups in total. The number of nitrogens with zero attached hydrogens (tertiary/aromatic N) is 1. The fraction of sp³-hybridized carbons (Fsp3) is 0.500. The van der Waals surface area contributed by atoms with Gasteiger partial charge in [-0.25, -0.2) is 0 Å². The van der Waals surface area contributed by atoms with Crippen LogP contribution in [0.4, 0.5) is 0 Å². The predicted molar refractivity (Wildman–Crippen MR) is 95.1 cm³/mol. The van der Waals surface area contributed by atoms with Gasteiger partial charge in [-0.1, -0.05) is 0 Å². The SMILES string of the molecule is COc1cc(/C=C/C(=O)N(CC(C)O)CC(C)O)cc(OC)c1OC. The number of hydrogen-bond donors (Lipinski definition) is 2. The van der Waals surface area contributed by atoms with E-state index in [0.29, 0.717) is 22.8 Å². The summed E-state index contributed by atoms with van der Waals surface area (Å²) < 4.78 is 15.8. The van der Waals surface area contributed by atoms with Crippen molar-refractivity contribution in [3.63, 3.8) is 0 Å². The van der Waals surface area contributed by atoms with E-state index in [9.17, 15) is 15.0 Å². The summed E-state index contributed by atoms with van der Waals surface area (Å²) in [6.45, 7) is 3.46. The maximum atomic E-state index is 12.3. The number of methoxy groups -OCH3 is 3. The van der Waals surface area contributed by atoms with E-state index < -0.39 is 12.2 Å². The average Bonchev–Trinajstić information content (AvgIpc) is 2.56. The van der Waals surface area contributed by atoms with E-state index in [4.69, 9.17) is 14.2 Å². The number of benzene rings is 1. The molecule has 140 valence electrons. The summed E-state index contributed by atoms with van der Waals surface area (Å²) >= 11 is 0. The smallest absolute Gasteiger partial charge is 0.246 e. The van der Waals surface area contributed by atoms with Gasteiger partial charge in [0.25, 0.3) is 0 Å². The maximum Gasteiger partial charge on any atom is 0.246 e. The molecule has 1 aromatic carbocycles. The Morgan fingerprint density at radius 2 is 1.52 bits per heavy atom.